The lowest BCUT2D eigenvalue weighted by molar-refractivity contribution is 0.588. The topological polar surface area (TPSA) is 40.6 Å². The Hall–Kier alpha value is -1.53. The van der Waals surface area contributed by atoms with Crippen LogP contribution in [-0.2, 0) is 16.4 Å². The summed E-state index contributed by atoms with van der Waals surface area (Å²) in [6, 6.07) is 9.82. The van der Waals surface area contributed by atoms with Crippen molar-refractivity contribution in [3.05, 3.63) is 41.3 Å². The summed E-state index contributed by atoms with van der Waals surface area (Å²) in [5.41, 5.74) is 3.16. The Morgan fingerprint density at radius 3 is 2.57 bits per heavy atom. The van der Waals surface area contributed by atoms with Gasteiger partial charge in [0.2, 0.25) is 0 Å². The van der Waals surface area contributed by atoms with Gasteiger partial charge in [-0.2, -0.15) is 0 Å². The van der Waals surface area contributed by atoms with Gasteiger partial charge in [-0.1, -0.05) is 12.1 Å². The fourth-order valence-electron chi connectivity index (χ4n) is 3.47. The number of nitrogens with zero attached hydrogens (tertiary/aromatic N) is 2. The highest BCUT2D eigenvalue weighted by Gasteiger charge is 2.30. The maximum atomic E-state index is 13.0. The van der Waals surface area contributed by atoms with Gasteiger partial charge in [0, 0.05) is 25.3 Å². The van der Waals surface area contributed by atoms with Gasteiger partial charge in [-0.15, -0.1) is 11.3 Å². The zero-order valence-corrected chi connectivity index (χ0v) is 14.6. The second-order valence-corrected chi connectivity index (χ2v) is 9.16. The maximum Gasteiger partial charge on any atom is 0.273 e. The molecule has 3 heterocycles. The van der Waals surface area contributed by atoms with Gasteiger partial charge in [-0.3, -0.25) is 4.31 Å². The second-order valence-electron chi connectivity index (χ2n) is 6.12. The number of fused-ring (bicyclic) bond motifs is 1. The summed E-state index contributed by atoms with van der Waals surface area (Å²) in [4.78, 5) is 2.35. The quantitative estimate of drug-likeness (QED) is 0.852. The van der Waals surface area contributed by atoms with E-state index in [1.807, 2.05) is 5.38 Å². The second kappa shape index (κ2) is 5.83. The molecule has 0 amide bonds. The highest BCUT2D eigenvalue weighted by atomic mass is 32.2. The van der Waals surface area contributed by atoms with Crippen LogP contribution in [0.4, 0.5) is 11.4 Å². The lowest BCUT2D eigenvalue weighted by Crippen LogP contribution is -2.35. The number of rotatable bonds is 3. The summed E-state index contributed by atoms with van der Waals surface area (Å²) in [6.45, 7) is 2.70. The number of hydrogen-bond donors (Lipinski definition) is 0. The smallest absolute Gasteiger partial charge is 0.273 e. The van der Waals surface area contributed by atoms with Crippen molar-refractivity contribution >= 4 is 32.7 Å². The summed E-state index contributed by atoms with van der Waals surface area (Å²) < 4.78 is 28.0. The molecule has 0 atom stereocenters. The van der Waals surface area contributed by atoms with Crippen molar-refractivity contribution in [2.45, 2.75) is 29.9 Å². The Morgan fingerprint density at radius 1 is 1.00 bits per heavy atom. The minimum absolute atomic E-state index is 0.428. The molecule has 2 aliphatic rings. The van der Waals surface area contributed by atoms with Gasteiger partial charge in [-0.05, 0) is 54.8 Å². The van der Waals surface area contributed by atoms with E-state index in [9.17, 15) is 8.42 Å². The van der Waals surface area contributed by atoms with E-state index in [-0.39, 0.29) is 0 Å². The Labute approximate surface area is 141 Å². The van der Waals surface area contributed by atoms with E-state index in [1.165, 1.54) is 24.2 Å². The number of sulfonamides is 1. The van der Waals surface area contributed by atoms with Crippen molar-refractivity contribution in [1.82, 2.24) is 0 Å². The molecule has 1 saturated heterocycles. The molecule has 1 fully saturated rings. The number of thiophene rings is 1. The number of anilines is 2. The van der Waals surface area contributed by atoms with Crippen LogP contribution in [0.5, 0.6) is 0 Å². The van der Waals surface area contributed by atoms with Gasteiger partial charge >= 0.3 is 0 Å². The van der Waals surface area contributed by atoms with Gasteiger partial charge in [0.05, 0.1) is 5.69 Å². The summed E-state index contributed by atoms with van der Waals surface area (Å²) >= 11 is 1.29. The lowest BCUT2D eigenvalue weighted by Gasteiger charge is -2.31. The van der Waals surface area contributed by atoms with Crippen LogP contribution in [0, 0.1) is 0 Å². The zero-order chi connectivity index (χ0) is 15.9. The summed E-state index contributed by atoms with van der Waals surface area (Å²) in [7, 11) is -3.44. The van der Waals surface area contributed by atoms with Crippen LogP contribution in [0.2, 0.25) is 0 Å². The predicted octanol–water partition coefficient (Wildman–Crippen LogP) is 3.49. The Bertz CT molecular complexity index is 794. The molecule has 0 N–H and O–H groups in total. The van der Waals surface area contributed by atoms with Gasteiger partial charge in [0.15, 0.2) is 0 Å². The summed E-state index contributed by atoms with van der Waals surface area (Å²) in [5, 5.41) is 1.82. The molecule has 122 valence electrons. The first-order chi connectivity index (χ1) is 11.2. The fraction of sp³-hybridized carbons (Fsp3) is 0.412. The largest absolute Gasteiger partial charge is 0.371 e. The van der Waals surface area contributed by atoms with Gasteiger partial charge < -0.3 is 4.90 Å². The van der Waals surface area contributed by atoms with Gasteiger partial charge in [-0.25, -0.2) is 8.42 Å². The van der Waals surface area contributed by atoms with Crippen molar-refractivity contribution in [2.75, 3.05) is 28.8 Å². The molecule has 1 aromatic heterocycles. The van der Waals surface area contributed by atoms with Crippen LogP contribution in [-0.4, -0.2) is 28.1 Å². The van der Waals surface area contributed by atoms with E-state index in [0.29, 0.717) is 10.8 Å². The van der Waals surface area contributed by atoms with Crippen molar-refractivity contribution in [3.8, 4) is 0 Å². The normalized spacial score (nSPS) is 18.3. The lowest BCUT2D eigenvalue weighted by atomic mass is 10.0. The van der Waals surface area contributed by atoms with E-state index < -0.39 is 10.0 Å². The molecule has 0 saturated carbocycles. The molecule has 6 heteroatoms. The number of benzene rings is 1. The molecule has 0 bridgehead atoms. The molecule has 4 rings (SSSR count). The molecule has 1 aromatic carbocycles. The van der Waals surface area contributed by atoms with Crippen LogP contribution >= 0.6 is 11.3 Å². The van der Waals surface area contributed by atoms with Crippen LogP contribution in [0.15, 0.2) is 39.9 Å². The minimum atomic E-state index is -3.44. The third-order valence-corrected chi connectivity index (χ3v) is 7.84. The van der Waals surface area contributed by atoms with Crippen molar-refractivity contribution in [2.24, 2.45) is 0 Å². The average molecular weight is 348 g/mol. The molecule has 0 unspecified atom stereocenters. The molecule has 2 aromatic rings. The summed E-state index contributed by atoms with van der Waals surface area (Å²) in [5.74, 6) is 0. The molecule has 0 radical (unpaired) electrons. The first-order valence-corrected chi connectivity index (χ1v) is 10.4. The summed E-state index contributed by atoms with van der Waals surface area (Å²) in [6.07, 6.45) is 4.26. The predicted molar refractivity (Wildman–Crippen MR) is 95.1 cm³/mol. The SMILES string of the molecule is O=S(=O)(c1cccs1)N1CCCc2ccc(N3CCCC3)cc21. The molecule has 2 aliphatic heterocycles. The first-order valence-electron chi connectivity index (χ1n) is 8.10. The fourth-order valence-corrected chi connectivity index (χ4v) is 6.11. The minimum Gasteiger partial charge on any atom is -0.371 e. The van der Waals surface area contributed by atoms with E-state index in [2.05, 4.69) is 23.1 Å². The third-order valence-electron chi connectivity index (χ3n) is 4.66. The van der Waals surface area contributed by atoms with E-state index in [4.69, 9.17) is 0 Å². The average Bonchev–Trinajstić information content (AvgIpc) is 3.27. The van der Waals surface area contributed by atoms with Gasteiger partial charge in [0.25, 0.3) is 10.0 Å². The van der Waals surface area contributed by atoms with Crippen molar-refractivity contribution in [1.29, 1.82) is 0 Å². The molecule has 0 aliphatic carbocycles. The molecular formula is C17H20N2O2S2. The Morgan fingerprint density at radius 2 is 1.83 bits per heavy atom. The molecule has 4 nitrogen and oxygen atoms in total. The standard InChI is InChI=1S/C17H20N2O2S2/c20-23(21,17-6-4-12-22-17)19-11-3-5-14-7-8-15(13-16(14)19)18-9-1-2-10-18/h4,6-8,12-13H,1-3,5,9-11H2. The van der Waals surface area contributed by atoms with E-state index >= 15 is 0 Å². The molecule has 23 heavy (non-hydrogen) atoms. The van der Waals surface area contributed by atoms with E-state index in [1.54, 1.807) is 16.4 Å². The Balaban J connectivity index is 1.76. The van der Waals surface area contributed by atoms with Crippen LogP contribution in [0.25, 0.3) is 0 Å². The Kier molecular flexibility index (Phi) is 3.81. The highest BCUT2D eigenvalue weighted by Crippen LogP contribution is 2.36. The monoisotopic (exact) mass is 348 g/mol. The zero-order valence-electron chi connectivity index (χ0n) is 12.9. The molecular weight excluding hydrogens is 328 g/mol. The van der Waals surface area contributed by atoms with Crippen LogP contribution in [0.3, 0.4) is 0 Å². The maximum absolute atomic E-state index is 13.0. The van der Waals surface area contributed by atoms with Crippen LogP contribution in [0.1, 0.15) is 24.8 Å². The van der Waals surface area contributed by atoms with Gasteiger partial charge in [0.1, 0.15) is 4.21 Å². The van der Waals surface area contributed by atoms with Crippen molar-refractivity contribution < 1.29 is 8.42 Å². The first kappa shape index (κ1) is 15.0. The number of hydrogen-bond acceptors (Lipinski definition) is 4. The molecule has 0 spiro atoms. The van der Waals surface area contributed by atoms with Crippen molar-refractivity contribution in [3.63, 3.8) is 0 Å². The van der Waals surface area contributed by atoms with E-state index in [0.717, 1.165) is 42.9 Å². The third kappa shape index (κ3) is 2.64. The van der Waals surface area contributed by atoms with Crippen LogP contribution < -0.4 is 9.21 Å². The number of aryl methyl sites for hydroxylation is 1. The highest BCUT2D eigenvalue weighted by molar-refractivity contribution is 7.94.